The molecule has 12 heteroatoms. The molecule has 0 fully saturated rings. The maximum absolute atomic E-state index is 12.9. The molecule has 8 nitrogen and oxygen atoms in total. The first-order valence-corrected chi connectivity index (χ1v) is 9.79. The molecular weight excluding hydrogens is 435 g/mol. The lowest BCUT2D eigenvalue weighted by atomic mass is 10.1. The van der Waals surface area contributed by atoms with Crippen LogP contribution in [0.5, 0.6) is 0 Å². The first-order valence-electron chi connectivity index (χ1n) is 8.98. The smallest absolute Gasteiger partial charge is 0.394 e. The molecule has 3 aromatic rings. The number of thiazole rings is 1. The maximum Gasteiger partial charge on any atom is 0.433 e. The topological polar surface area (TPSA) is 120 Å². The Morgan fingerprint density at radius 1 is 1.26 bits per heavy atom. The summed E-state index contributed by atoms with van der Waals surface area (Å²) >= 11 is 1.11. The maximum atomic E-state index is 12.9. The predicted molar refractivity (Wildman–Crippen MR) is 108 cm³/mol. The van der Waals surface area contributed by atoms with Crippen molar-refractivity contribution in [2.45, 2.75) is 19.2 Å². The number of halogens is 3. The third kappa shape index (κ3) is 5.96. The second-order valence-corrected chi connectivity index (χ2v) is 7.58. The molecule has 0 saturated heterocycles. The van der Waals surface area contributed by atoms with Crippen LogP contribution in [0.3, 0.4) is 0 Å². The third-order valence-electron chi connectivity index (χ3n) is 3.97. The van der Waals surface area contributed by atoms with Crippen molar-refractivity contribution in [3.63, 3.8) is 0 Å². The fourth-order valence-electron chi connectivity index (χ4n) is 2.57. The van der Waals surface area contributed by atoms with Crippen LogP contribution in [0, 0.1) is 6.92 Å². The molecule has 1 amide bonds. The molecular formula is C19H18F3N5O3S. The van der Waals surface area contributed by atoms with Gasteiger partial charge in [0, 0.05) is 24.6 Å². The fraction of sp³-hybridized carbons (Fsp3) is 0.263. The van der Waals surface area contributed by atoms with Gasteiger partial charge in [-0.1, -0.05) is 6.07 Å². The van der Waals surface area contributed by atoms with Crippen molar-refractivity contribution in [2.24, 2.45) is 0 Å². The normalized spacial score (nSPS) is 12.5. The molecule has 0 radical (unpaired) electrons. The van der Waals surface area contributed by atoms with E-state index in [-0.39, 0.29) is 17.5 Å². The first-order chi connectivity index (χ1) is 14.7. The quantitative estimate of drug-likeness (QED) is 0.434. The van der Waals surface area contributed by atoms with Crippen LogP contribution in [0.4, 0.5) is 24.8 Å². The van der Waals surface area contributed by atoms with E-state index in [1.54, 1.807) is 12.1 Å². The number of anilines is 2. The van der Waals surface area contributed by atoms with Gasteiger partial charge in [0.05, 0.1) is 17.6 Å². The molecule has 2 heterocycles. The van der Waals surface area contributed by atoms with E-state index in [1.165, 1.54) is 6.20 Å². The second-order valence-electron chi connectivity index (χ2n) is 6.55. The van der Waals surface area contributed by atoms with Crippen LogP contribution in [0.2, 0.25) is 0 Å². The minimum atomic E-state index is -4.58. The third-order valence-corrected chi connectivity index (χ3v) is 5.02. The Morgan fingerprint density at radius 3 is 2.74 bits per heavy atom. The Labute approximate surface area is 178 Å². The number of aryl methyl sites for hydroxylation is 1. The molecule has 0 saturated carbocycles. The van der Waals surface area contributed by atoms with E-state index < -0.39 is 30.5 Å². The standard InChI is InChI=1S/C19H18F3N5O3S/c1-10-4-11(14-8-25-17(31-14)16(30)24-7-13(29)9-28)6-12(5-10)26-18-23-3-2-15(27-18)19(20,21)22/h2-6,8,13,28-29H,7,9H2,1H3,(H,24,30)(H,23,26,27)/t13-/m1/s1. The highest BCUT2D eigenvalue weighted by Crippen LogP contribution is 2.31. The van der Waals surface area contributed by atoms with Gasteiger partial charge in [0.15, 0.2) is 5.01 Å². The van der Waals surface area contributed by atoms with Crippen LogP contribution in [0.25, 0.3) is 10.4 Å². The van der Waals surface area contributed by atoms with E-state index in [2.05, 4.69) is 25.6 Å². The molecule has 0 bridgehead atoms. The second kappa shape index (κ2) is 9.37. The summed E-state index contributed by atoms with van der Waals surface area (Å²) in [6, 6.07) is 6.03. The van der Waals surface area contributed by atoms with E-state index >= 15 is 0 Å². The number of benzene rings is 1. The van der Waals surface area contributed by atoms with Gasteiger partial charge in [0.25, 0.3) is 5.91 Å². The molecule has 0 aliphatic heterocycles. The average molecular weight is 453 g/mol. The summed E-state index contributed by atoms with van der Waals surface area (Å²) in [5.41, 5.74) is 0.931. The fourth-order valence-corrected chi connectivity index (χ4v) is 3.39. The first kappa shape index (κ1) is 22.6. The van der Waals surface area contributed by atoms with Gasteiger partial charge in [-0.3, -0.25) is 4.79 Å². The summed E-state index contributed by atoms with van der Waals surface area (Å²) < 4.78 is 38.6. The molecule has 164 valence electrons. The number of alkyl halides is 3. The Bertz CT molecular complexity index is 1070. The van der Waals surface area contributed by atoms with Crippen LogP contribution in [-0.4, -0.2) is 50.3 Å². The number of nitrogens with zero attached hydrogens (tertiary/aromatic N) is 3. The number of aliphatic hydroxyl groups is 2. The highest BCUT2D eigenvalue weighted by atomic mass is 32.1. The van der Waals surface area contributed by atoms with E-state index in [9.17, 15) is 23.1 Å². The monoisotopic (exact) mass is 453 g/mol. The van der Waals surface area contributed by atoms with Gasteiger partial charge in [-0.15, -0.1) is 11.3 Å². The number of rotatable bonds is 7. The lowest BCUT2D eigenvalue weighted by Crippen LogP contribution is -2.33. The van der Waals surface area contributed by atoms with E-state index in [4.69, 9.17) is 5.11 Å². The van der Waals surface area contributed by atoms with Crippen LogP contribution in [0.15, 0.2) is 36.7 Å². The summed E-state index contributed by atoms with van der Waals surface area (Å²) in [5.74, 6) is -0.690. The molecule has 1 atom stereocenters. The SMILES string of the molecule is Cc1cc(Nc2nccc(C(F)(F)F)n2)cc(-c2cnc(C(=O)NC[C@@H](O)CO)s2)c1. The highest BCUT2D eigenvalue weighted by molar-refractivity contribution is 7.17. The molecule has 31 heavy (non-hydrogen) atoms. The number of amides is 1. The van der Waals surface area contributed by atoms with Crippen molar-refractivity contribution in [1.82, 2.24) is 20.3 Å². The van der Waals surface area contributed by atoms with E-state index in [1.807, 2.05) is 13.0 Å². The van der Waals surface area contributed by atoms with Crippen molar-refractivity contribution < 1.29 is 28.2 Å². The Kier molecular flexibility index (Phi) is 6.83. The molecule has 0 spiro atoms. The summed E-state index contributed by atoms with van der Waals surface area (Å²) in [5, 5.41) is 23.5. The zero-order valence-corrected chi connectivity index (χ0v) is 17.0. The van der Waals surface area contributed by atoms with Crippen molar-refractivity contribution in [2.75, 3.05) is 18.5 Å². The van der Waals surface area contributed by atoms with Crippen molar-refractivity contribution in [1.29, 1.82) is 0 Å². The zero-order valence-electron chi connectivity index (χ0n) is 16.1. The van der Waals surface area contributed by atoms with Crippen molar-refractivity contribution >= 4 is 28.9 Å². The number of nitrogens with one attached hydrogen (secondary N) is 2. The number of aliphatic hydroxyl groups excluding tert-OH is 2. The van der Waals surface area contributed by atoms with Gasteiger partial charge in [0.2, 0.25) is 5.95 Å². The van der Waals surface area contributed by atoms with Crippen molar-refractivity contribution in [3.05, 3.63) is 52.9 Å². The van der Waals surface area contributed by atoms with Gasteiger partial charge in [-0.25, -0.2) is 15.0 Å². The van der Waals surface area contributed by atoms with Gasteiger partial charge < -0.3 is 20.8 Å². The van der Waals surface area contributed by atoms with E-state index in [0.29, 0.717) is 16.1 Å². The zero-order chi connectivity index (χ0) is 22.6. The number of hydrogen-bond donors (Lipinski definition) is 4. The Morgan fingerprint density at radius 2 is 2.03 bits per heavy atom. The molecule has 0 unspecified atom stereocenters. The lowest BCUT2D eigenvalue weighted by Gasteiger charge is -2.10. The van der Waals surface area contributed by atoms with Gasteiger partial charge in [-0.05, 0) is 36.2 Å². The van der Waals surface area contributed by atoms with Crippen LogP contribution in [0.1, 0.15) is 21.1 Å². The van der Waals surface area contributed by atoms with Crippen molar-refractivity contribution in [3.8, 4) is 10.4 Å². The lowest BCUT2D eigenvalue weighted by molar-refractivity contribution is -0.141. The molecule has 0 aliphatic rings. The Hall–Kier alpha value is -3.09. The molecule has 4 N–H and O–H groups in total. The minimum absolute atomic E-state index is 0.111. The number of carbonyl (C=O) groups is 1. The number of carbonyl (C=O) groups excluding carboxylic acids is 1. The summed E-state index contributed by atoms with van der Waals surface area (Å²) in [4.78, 5) is 24.2. The number of aromatic nitrogens is 3. The predicted octanol–water partition coefficient (Wildman–Crippen LogP) is 2.75. The minimum Gasteiger partial charge on any atom is -0.394 e. The van der Waals surface area contributed by atoms with Gasteiger partial charge in [-0.2, -0.15) is 13.2 Å². The van der Waals surface area contributed by atoms with Gasteiger partial charge in [0.1, 0.15) is 5.69 Å². The Balaban J connectivity index is 1.79. The van der Waals surface area contributed by atoms with Crippen LogP contribution >= 0.6 is 11.3 Å². The molecule has 0 aliphatic carbocycles. The van der Waals surface area contributed by atoms with Crippen LogP contribution < -0.4 is 10.6 Å². The summed E-state index contributed by atoms with van der Waals surface area (Å²) in [6.07, 6.45) is -3.12. The summed E-state index contributed by atoms with van der Waals surface area (Å²) in [7, 11) is 0. The molecule has 2 aromatic heterocycles. The largest absolute Gasteiger partial charge is 0.433 e. The molecule has 3 rings (SSSR count). The summed E-state index contributed by atoms with van der Waals surface area (Å²) in [6.45, 7) is 1.23. The van der Waals surface area contributed by atoms with Gasteiger partial charge >= 0.3 is 6.18 Å². The average Bonchev–Trinajstić information content (AvgIpc) is 3.21. The number of hydrogen-bond acceptors (Lipinski definition) is 8. The van der Waals surface area contributed by atoms with Crippen LogP contribution in [-0.2, 0) is 6.18 Å². The van der Waals surface area contributed by atoms with E-state index in [0.717, 1.165) is 29.2 Å². The molecule has 1 aromatic carbocycles. The highest BCUT2D eigenvalue weighted by Gasteiger charge is 2.32.